The Morgan fingerprint density at radius 1 is 1.45 bits per heavy atom. The highest BCUT2D eigenvalue weighted by atomic mass is 19.4. The number of amidine groups is 1. The van der Waals surface area contributed by atoms with Gasteiger partial charge in [-0.15, -0.1) is 0 Å². The highest BCUT2D eigenvalue weighted by Gasteiger charge is 2.33. The van der Waals surface area contributed by atoms with Crippen LogP contribution in [0, 0.1) is 5.41 Å². The molecule has 0 bridgehead atoms. The lowest BCUT2D eigenvalue weighted by Gasteiger charge is -2.28. The van der Waals surface area contributed by atoms with Gasteiger partial charge in [0.2, 0.25) is 0 Å². The maximum Gasteiger partial charge on any atom is 0.433 e. The summed E-state index contributed by atoms with van der Waals surface area (Å²) in [7, 11) is 1.66. The van der Waals surface area contributed by atoms with Gasteiger partial charge in [0.1, 0.15) is 17.3 Å². The van der Waals surface area contributed by atoms with Gasteiger partial charge in [-0.1, -0.05) is 13.3 Å². The van der Waals surface area contributed by atoms with Crippen LogP contribution in [0.2, 0.25) is 0 Å². The summed E-state index contributed by atoms with van der Waals surface area (Å²) < 4.78 is 38.2. The number of rotatable bonds is 5. The number of hydrogen-bond donors (Lipinski definition) is 2. The number of nitrogen functional groups attached to an aromatic ring is 1. The smallest absolute Gasteiger partial charge is 0.384 e. The van der Waals surface area contributed by atoms with Crippen LogP contribution in [0.4, 0.5) is 19.0 Å². The zero-order valence-electron chi connectivity index (χ0n) is 11.8. The van der Waals surface area contributed by atoms with E-state index in [4.69, 9.17) is 11.1 Å². The Morgan fingerprint density at radius 3 is 2.50 bits per heavy atom. The van der Waals surface area contributed by atoms with E-state index in [1.807, 2.05) is 13.8 Å². The highest BCUT2D eigenvalue weighted by molar-refractivity contribution is 5.99. The van der Waals surface area contributed by atoms with Crippen molar-refractivity contribution in [2.75, 3.05) is 11.9 Å². The maximum atomic E-state index is 12.7. The van der Waals surface area contributed by atoms with Crippen molar-refractivity contribution < 1.29 is 13.2 Å². The summed E-state index contributed by atoms with van der Waals surface area (Å²) >= 11 is 0. The van der Waals surface area contributed by atoms with Gasteiger partial charge in [0.05, 0.1) is 5.56 Å². The van der Waals surface area contributed by atoms with Crippen molar-refractivity contribution in [2.45, 2.75) is 38.9 Å². The average Bonchev–Trinajstić information content (AvgIpc) is 2.36. The number of nitrogens with zero attached hydrogens (tertiary/aromatic N) is 2. The minimum Gasteiger partial charge on any atom is -0.384 e. The molecule has 4 nitrogen and oxygen atoms in total. The van der Waals surface area contributed by atoms with Gasteiger partial charge in [-0.2, -0.15) is 13.2 Å². The molecule has 3 N–H and O–H groups in total. The number of halogens is 3. The lowest BCUT2D eigenvalue weighted by molar-refractivity contribution is -0.141. The quantitative estimate of drug-likeness (QED) is 0.646. The predicted molar refractivity (Wildman–Crippen MR) is 73.0 cm³/mol. The van der Waals surface area contributed by atoms with Crippen LogP contribution in [0.3, 0.4) is 0 Å². The second-order valence-electron chi connectivity index (χ2n) is 4.73. The maximum absolute atomic E-state index is 12.7. The molecule has 1 heterocycles. The zero-order chi connectivity index (χ0) is 15.5. The molecule has 0 radical (unpaired) electrons. The van der Waals surface area contributed by atoms with E-state index in [9.17, 15) is 13.2 Å². The Labute approximate surface area is 116 Å². The third-order valence-electron chi connectivity index (χ3n) is 3.16. The van der Waals surface area contributed by atoms with E-state index in [1.165, 1.54) is 6.07 Å². The molecule has 20 heavy (non-hydrogen) atoms. The molecular weight excluding hydrogens is 269 g/mol. The second kappa shape index (κ2) is 6.11. The predicted octanol–water partition coefficient (Wildman–Crippen LogP) is 3.01. The highest BCUT2D eigenvalue weighted by Crippen LogP contribution is 2.31. The van der Waals surface area contributed by atoms with Gasteiger partial charge in [-0.25, -0.2) is 4.98 Å². The lowest BCUT2D eigenvalue weighted by atomic mass is 10.1. The fourth-order valence-electron chi connectivity index (χ4n) is 1.91. The molecule has 0 saturated heterocycles. The molecule has 112 valence electrons. The van der Waals surface area contributed by atoms with Crippen molar-refractivity contribution >= 4 is 11.7 Å². The first-order valence-electron chi connectivity index (χ1n) is 6.34. The lowest BCUT2D eigenvalue weighted by Crippen LogP contribution is -2.32. The van der Waals surface area contributed by atoms with Gasteiger partial charge < -0.3 is 10.6 Å². The van der Waals surface area contributed by atoms with Crippen LogP contribution < -0.4 is 10.6 Å². The molecule has 0 aliphatic carbocycles. The normalized spacial score (nSPS) is 13.1. The molecule has 0 aromatic carbocycles. The summed E-state index contributed by atoms with van der Waals surface area (Å²) in [6, 6.07) is 2.05. The van der Waals surface area contributed by atoms with Gasteiger partial charge in [0.15, 0.2) is 0 Å². The first kappa shape index (κ1) is 16.3. The molecule has 0 saturated carbocycles. The Morgan fingerprint density at radius 2 is 2.05 bits per heavy atom. The van der Waals surface area contributed by atoms with Crippen LogP contribution in [-0.4, -0.2) is 23.9 Å². The molecule has 1 aromatic rings. The zero-order valence-corrected chi connectivity index (χ0v) is 11.8. The van der Waals surface area contributed by atoms with E-state index in [0.29, 0.717) is 0 Å². The average molecular weight is 288 g/mol. The Kier molecular flexibility index (Phi) is 4.97. The molecule has 0 fully saturated rings. The molecule has 0 aliphatic rings. The topological polar surface area (TPSA) is 66.0 Å². The SMILES string of the molecule is CCCC(C)N(C)c1nc(C(F)(F)F)ccc1C(=N)N. The molecule has 1 rings (SSSR count). The van der Waals surface area contributed by atoms with E-state index < -0.39 is 11.9 Å². The van der Waals surface area contributed by atoms with Crippen molar-refractivity contribution in [2.24, 2.45) is 5.73 Å². The van der Waals surface area contributed by atoms with Crippen LogP contribution >= 0.6 is 0 Å². The minimum absolute atomic E-state index is 0.00841. The van der Waals surface area contributed by atoms with Gasteiger partial charge in [-0.3, -0.25) is 5.41 Å². The molecule has 0 amide bonds. The van der Waals surface area contributed by atoms with Crippen molar-refractivity contribution in [1.29, 1.82) is 5.41 Å². The molecule has 1 aromatic heterocycles. The minimum atomic E-state index is -4.51. The first-order valence-corrected chi connectivity index (χ1v) is 6.34. The summed E-state index contributed by atoms with van der Waals surface area (Å²) in [5, 5.41) is 7.47. The number of alkyl halides is 3. The van der Waals surface area contributed by atoms with E-state index in [0.717, 1.165) is 18.9 Å². The largest absolute Gasteiger partial charge is 0.433 e. The number of pyridine rings is 1. The number of nitrogens with one attached hydrogen (secondary N) is 1. The van der Waals surface area contributed by atoms with Crippen molar-refractivity contribution in [3.63, 3.8) is 0 Å². The molecule has 0 aliphatic heterocycles. The molecule has 0 spiro atoms. The fourth-order valence-corrected chi connectivity index (χ4v) is 1.91. The number of hydrogen-bond acceptors (Lipinski definition) is 3. The Balaban J connectivity index is 3.28. The third-order valence-corrected chi connectivity index (χ3v) is 3.16. The van der Waals surface area contributed by atoms with E-state index in [-0.39, 0.29) is 23.3 Å². The van der Waals surface area contributed by atoms with Crippen LogP contribution in [-0.2, 0) is 6.18 Å². The number of anilines is 1. The second-order valence-corrected chi connectivity index (χ2v) is 4.73. The van der Waals surface area contributed by atoms with Crippen LogP contribution in [0.15, 0.2) is 12.1 Å². The molecule has 1 atom stereocenters. The summed E-state index contributed by atoms with van der Waals surface area (Å²) in [5.41, 5.74) is 4.65. The standard InChI is InChI=1S/C13H19F3N4/c1-4-5-8(2)20(3)12-9(11(17)18)6-7-10(19-12)13(14,15)16/h6-8H,4-5H2,1-3H3,(H3,17,18). The van der Waals surface area contributed by atoms with Gasteiger partial charge in [0.25, 0.3) is 0 Å². The summed E-state index contributed by atoms with van der Waals surface area (Å²) in [5.74, 6) is -0.204. The van der Waals surface area contributed by atoms with Crippen LogP contribution in [0.5, 0.6) is 0 Å². The van der Waals surface area contributed by atoms with Gasteiger partial charge in [-0.05, 0) is 25.5 Å². The molecular formula is C13H19F3N4. The number of aromatic nitrogens is 1. The monoisotopic (exact) mass is 288 g/mol. The summed E-state index contributed by atoms with van der Waals surface area (Å²) in [4.78, 5) is 5.28. The van der Waals surface area contributed by atoms with Crippen molar-refractivity contribution in [1.82, 2.24) is 4.98 Å². The first-order chi connectivity index (χ1) is 9.18. The van der Waals surface area contributed by atoms with Crippen LogP contribution in [0.1, 0.15) is 37.9 Å². The number of nitrogens with two attached hydrogens (primary N) is 1. The van der Waals surface area contributed by atoms with Crippen molar-refractivity contribution in [3.05, 3.63) is 23.4 Å². The van der Waals surface area contributed by atoms with E-state index in [1.54, 1.807) is 11.9 Å². The molecule has 7 heteroatoms. The van der Waals surface area contributed by atoms with Gasteiger partial charge in [0, 0.05) is 13.1 Å². The summed E-state index contributed by atoms with van der Waals surface area (Å²) in [6.45, 7) is 3.89. The summed E-state index contributed by atoms with van der Waals surface area (Å²) in [6.07, 6.45) is -2.80. The van der Waals surface area contributed by atoms with E-state index in [2.05, 4.69) is 4.98 Å². The molecule has 1 unspecified atom stereocenters. The van der Waals surface area contributed by atoms with Gasteiger partial charge >= 0.3 is 6.18 Å². The fraction of sp³-hybridized carbons (Fsp3) is 0.538. The van der Waals surface area contributed by atoms with Crippen molar-refractivity contribution in [3.8, 4) is 0 Å². The third kappa shape index (κ3) is 3.61. The Hall–Kier alpha value is -1.79. The Bertz CT molecular complexity index is 485. The van der Waals surface area contributed by atoms with Crippen LogP contribution in [0.25, 0.3) is 0 Å². The van der Waals surface area contributed by atoms with E-state index >= 15 is 0 Å².